The predicted molar refractivity (Wildman–Crippen MR) is 40.8 cm³/mol. The molecule has 2 N–H and O–H groups in total. The van der Waals surface area contributed by atoms with Gasteiger partial charge in [0, 0.05) is 13.0 Å². The van der Waals surface area contributed by atoms with Crippen molar-refractivity contribution in [2.24, 2.45) is 0 Å². The van der Waals surface area contributed by atoms with Crippen LogP contribution in [0.3, 0.4) is 0 Å². The summed E-state index contributed by atoms with van der Waals surface area (Å²) >= 11 is 0. The molecule has 0 fully saturated rings. The number of aliphatic carboxylic acids is 1. The summed E-state index contributed by atoms with van der Waals surface area (Å²) in [5, 5.41) is 9.67. The van der Waals surface area contributed by atoms with Gasteiger partial charge in [0.05, 0.1) is 0 Å². The molecule has 0 bridgehead atoms. The molecule has 15 heavy (non-hydrogen) atoms. The van der Waals surface area contributed by atoms with Crippen LogP contribution in [0.2, 0.25) is 0 Å². The summed E-state index contributed by atoms with van der Waals surface area (Å²) < 4.78 is 47.7. The molecule has 8 heteroatoms. The minimum atomic E-state index is -4.73. The van der Waals surface area contributed by atoms with E-state index in [1.807, 2.05) is 0 Å². The molecule has 0 saturated heterocycles. The molecule has 4 nitrogen and oxygen atoms in total. The molecule has 0 aromatic heterocycles. The van der Waals surface area contributed by atoms with Crippen molar-refractivity contribution in [3.05, 3.63) is 0 Å². The van der Waals surface area contributed by atoms with E-state index in [9.17, 15) is 27.2 Å². The predicted octanol–water partition coefficient (Wildman–Crippen LogP) is 0.868. The zero-order chi connectivity index (χ0) is 12.1. The molecule has 0 rings (SSSR count). The fraction of sp³-hybridized carbons (Fsp3) is 0.714. The Morgan fingerprint density at radius 3 is 2.27 bits per heavy atom. The largest absolute Gasteiger partial charge is 0.481 e. The lowest BCUT2D eigenvalue weighted by Gasteiger charge is -2.14. The maximum atomic E-state index is 12.2. The summed E-state index contributed by atoms with van der Waals surface area (Å²) in [7, 11) is 0. The van der Waals surface area contributed by atoms with Gasteiger partial charge in [0.1, 0.15) is 0 Å². The van der Waals surface area contributed by atoms with Crippen LogP contribution in [0, 0.1) is 0 Å². The molecule has 0 heterocycles. The van der Waals surface area contributed by atoms with E-state index in [0.29, 0.717) is 0 Å². The zero-order valence-electron chi connectivity index (χ0n) is 7.47. The van der Waals surface area contributed by atoms with Crippen molar-refractivity contribution in [3.63, 3.8) is 0 Å². The van der Waals surface area contributed by atoms with E-state index in [1.165, 1.54) is 5.32 Å². The van der Waals surface area contributed by atoms with Crippen molar-refractivity contribution in [1.29, 1.82) is 0 Å². The number of rotatable bonds is 6. The number of carboxylic acids is 1. The van der Waals surface area contributed by atoms with Crippen molar-refractivity contribution < 1.29 is 32.3 Å². The molecule has 0 atom stereocenters. The lowest BCUT2D eigenvalue weighted by molar-refractivity contribution is -0.169. The molecule has 0 radical (unpaired) electrons. The van der Waals surface area contributed by atoms with Crippen molar-refractivity contribution in [3.8, 4) is 0 Å². The zero-order valence-corrected chi connectivity index (χ0v) is 7.47. The van der Waals surface area contributed by atoms with Gasteiger partial charge >= 0.3 is 18.3 Å². The fourth-order valence-electron chi connectivity index (χ4n) is 0.658. The Balaban J connectivity index is 3.89. The third kappa shape index (κ3) is 4.61. The molecule has 0 aliphatic rings. The molecule has 1 amide bonds. The summed E-state index contributed by atoms with van der Waals surface area (Å²) in [5.41, 5.74) is 0. The highest BCUT2D eigenvalue weighted by molar-refractivity contribution is 5.83. The molecule has 0 saturated carbocycles. The average Bonchev–Trinajstić information content (AvgIpc) is 2.11. The van der Waals surface area contributed by atoms with Crippen LogP contribution in [0.25, 0.3) is 0 Å². The molecular weight excluding hydrogens is 222 g/mol. The van der Waals surface area contributed by atoms with Crippen LogP contribution in [-0.2, 0) is 9.59 Å². The molecular formula is C7H9F4NO3. The smallest absolute Gasteiger partial charge is 0.383 e. The molecule has 0 spiro atoms. The van der Waals surface area contributed by atoms with Gasteiger partial charge < -0.3 is 10.4 Å². The Labute approximate surface area is 82.3 Å². The van der Waals surface area contributed by atoms with Gasteiger partial charge in [-0.15, -0.1) is 0 Å². The number of carbonyl (C=O) groups is 2. The monoisotopic (exact) mass is 231 g/mol. The van der Waals surface area contributed by atoms with Crippen LogP contribution >= 0.6 is 0 Å². The summed E-state index contributed by atoms with van der Waals surface area (Å²) in [4.78, 5) is 20.4. The molecule has 0 aliphatic carbocycles. The summed E-state index contributed by atoms with van der Waals surface area (Å²) in [6.07, 6.45) is -4.50. The van der Waals surface area contributed by atoms with Crippen molar-refractivity contribution in [2.75, 3.05) is 6.54 Å². The van der Waals surface area contributed by atoms with Crippen LogP contribution in [0.4, 0.5) is 17.6 Å². The van der Waals surface area contributed by atoms with E-state index >= 15 is 0 Å². The second-order valence-electron chi connectivity index (χ2n) is 2.68. The number of alkyl halides is 4. The fourth-order valence-corrected chi connectivity index (χ4v) is 0.658. The summed E-state index contributed by atoms with van der Waals surface area (Å²) in [6.45, 7) is -0.382. The van der Waals surface area contributed by atoms with Crippen LogP contribution in [0.15, 0.2) is 0 Å². The maximum Gasteiger partial charge on any atom is 0.383 e. The van der Waals surface area contributed by atoms with Gasteiger partial charge in [-0.1, -0.05) is 0 Å². The van der Waals surface area contributed by atoms with Gasteiger partial charge in [0.15, 0.2) is 0 Å². The van der Waals surface area contributed by atoms with Gasteiger partial charge in [0.2, 0.25) is 0 Å². The van der Waals surface area contributed by atoms with Crippen LogP contribution < -0.4 is 5.32 Å². The van der Waals surface area contributed by atoms with Gasteiger partial charge in [-0.25, -0.2) is 8.78 Å². The first-order valence-electron chi connectivity index (χ1n) is 3.94. The molecule has 0 aromatic rings. The lowest BCUT2D eigenvalue weighted by Crippen LogP contribution is -2.45. The van der Waals surface area contributed by atoms with Gasteiger partial charge in [-0.2, -0.15) is 8.78 Å². The number of carbonyl (C=O) groups excluding carboxylic acids is 1. The van der Waals surface area contributed by atoms with Gasteiger partial charge in [-0.3, -0.25) is 9.59 Å². The third-order valence-electron chi connectivity index (χ3n) is 1.43. The second kappa shape index (κ2) is 5.52. The number of carboxylic acid groups (broad SMARTS) is 1. The Kier molecular flexibility index (Phi) is 5.03. The maximum absolute atomic E-state index is 12.2. The minimum Gasteiger partial charge on any atom is -0.481 e. The number of hydrogen-bond acceptors (Lipinski definition) is 2. The highest BCUT2D eigenvalue weighted by Gasteiger charge is 2.48. The van der Waals surface area contributed by atoms with E-state index in [4.69, 9.17) is 5.11 Å². The Bertz CT molecular complexity index is 244. The summed E-state index contributed by atoms with van der Waals surface area (Å²) in [6, 6.07) is 0. The second-order valence-corrected chi connectivity index (χ2v) is 2.68. The minimum absolute atomic E-state index is 0.0968. The van der Waals surface area contributed by atoms with Crippen LogP contribution in [0.1, 0.15) is 12.8 Å². The molecule has 0 aliphatic heterocycles. The van der Waals surface area contributed by atoms with Crippen LogP contribution in [-0.4, -0.2) is 35.9 Å². The highest BCUT2D eigenvalue weighted by Crippen LogP contribution is 2.22. The topological polar surface area (TPSA) is 66.4 Å². The van der Waals surface area contributed by atoms with E-state index < -0.39 is 24.2 Å². The van der Waals surface area contributed by atoms with E-state index in [1.54, 1.807) is 0 Å². The highest BCUT2D eigenvalue weighted by atomic mass is 19.3. The number of hydrogen-bond donors (Lipinski definition) is 2. The Morgan fingerprint density at radius 2 is 1.87 bits per heavy atom. The quantitative estimate of drug-likeness (QED) is 0.526. The lowest BCUT2D eigenvalue weighted by atomic mass is 10.3. The van der Waals surface area contributed by atoms with Crippen molar-refractivity contribution in [1.82, 2.24) is 5.32 Å². The normalized spacial score (nSPS) is 11.5. The van der Waals surface area contributed by atoms with E-state index in [2.05, 4.69) is 0 Å². The van der Waals surface area contributed by atoms with E-state index in [0.717, 1.165) is 0 Å². The van der Waals surface area contributed by atoms with Gasteiger partial charge in [-0.05, 0) is 6.42 Å². The number of halogens is 4. The number of amides is 1. The average molecular weight is 231 g/mol. The first-order chi connectivity index (χ1) is 6.78. The molecule has 0 unspecified atom stereocenters. The number of nitrogens with one attached hydrogen (secondary N) is 1. The summed E-state index contributed by atoms with van der Waals surface area (Å²) in [5.74, 6) is -7.99. The van der Waals surface area contributed by atoms with Gasteiger partial charge in [0.25, 0.3) is 5.91 Å². The first-order valence-corrected chi connectivity index (χ1v) is 3.94. The van der Waals surface area contributed by atoms with Crippen LogP contribution in [0.5, 0.6) is 0 Å². The SMILES string of the molecule is O=C(O)CCCNC(=O)C(F)(F)C(F)F. The van der Waals surface area contributed by atoms with E-state index in [-0.39, 0.29) is 19.4 Å². The molecule has 0 aromatic carbocycles. The first kappa shape index (κ1) is 13.7. The Morgan fingerprint density at radius 1 is 1.33 bits per heavy atom. The standard InChI is InChI=1S/C7H9F4NO3/c8-5(9)7(10,11)6(15)12-3-1-2-4(13)14/h5H,1-3H2,(H,12,15)(H,13,14). The Hall–Kier alpha value is -1.34. The molecule has 88 valence electrons. The van der Waals surface area contributed by atoms with Crippen molar-refractivity contribution >= 4 is 11.9 Å². The van der Waals surface area contributed by atoms with Crippen molar-refractivity contribution in [2.45, 2.75) is 25.2 Å². The third-order valence-corrected chi connectivity index (χ3v) is 1.43.